The zero-order chi connectivity index (χ0) is 13.1. The van der Waals surface area contributed by atoms with Gasteiger partial charge in [-0.1, -0.05) is 17.7 Å². The fourth-order valence-corrected chi connectivity index (χ4v) is 2.47. The third kappa shape index (κ3) is 4.67. The first kappa shape index (κ1) is 19.8. The zero-order valence-corrected chi connectivity index (χ0v) is 12.9. The molecular weight excluding hydrogens is 335 g/mol. The Kier molecular flexibility index (Phi) is 8.86. The highest BCUT2D eigenvalue weighted by Gasteiger charge is 2.31. The Balaban J connectivity index is 0.00000180. The molecule has 1 fully saturated rings. The summed E-state index contributed by atoms with van der Waals surface area (Å²) in [4.78, 5) is 1.68. The SMILES string of the molecule is Cl.Cl.Fc1ccc([C@@H](C(F)F)N2CCNCC2)c(Cl)c1. The van der Waals surface area contributed by atoms with Crippen molar-refractivity contribution in [2.75, 3.05) is 26.2 Å². The first-order chi connectivity index (χ1) is 8.59. The van der Waals surface area contributed by atoms with Crippen LogP contribution >= 0.6 is 36.4 Å². The van der Waals surface area contributed by atoms with Crippen molar-refractivity contribution in [3.05, 3.63) is 34.6 Å². The Morgan fingerprint density at radius 1 is 1.15 bits per heavy atom. The van der Waals surface area contributed by atoms with E-state index in [9.17, 15) is 13.2 Å². The third-order valence-corrected chi connectivity index (χ3v) is 3.39. The van der Waals surface area contributed by atoms with Crippen molar-refractivity contribution >= 4 is 36.4 Å². The number of halogens is 6. The minimum absolute atomic E-state index is 0. The molecule has 1 aliphatic rings. The Morgan fingerprint density at radius 3 is 2.25 bits per heavy atom. The minimum Gasteiger partial charge on any atom is -0.314 e. The lowest BCUT2D eigenvalue weighted by molar-refractivity contribution is 0.0182. The van der Waals surface area contributed by atoms with E-state index < -0.39 is 18.3 Å². The third-order valence-electron chi connectivity index (χ3n) is 3.06. The van der Waals surface area contributed by atoms with Gasteiger partial charge >= 0.3 is 0 Å². The summed E-state index contributed by atoms with van der Waals surface area (Å²) in [7, 11) is 0. The largest absolute Gasteiger partial charge is 0.314 e. The molecule has 0 radical (unpaired) electrons. The summed E-state index contributed by atoms with van der Waals surface area (Å²) in [6, 6.07) is 2.52. The van der Waals surface area contributed by atoms with E-state index in [2.05, 4.69) is 5.32 Å². The van der Waals surface area contributed by atoms with Crippen LogP contribution in [0.1, 0.15) is 11.6 Å². The van der Waals surface area contributed by atoms with Gasteiger partial charge in [0, 0.05) is 31.2 Å². The van der Waals surface area contributed by atoms with Crippen LogP contribution in [0.15, 0.2) is 18.2 Å². The summed E-state index contributed by atoms with van der Waals surface area (Å²) < 4.78 is 39.4. The molecule has 1 atom stereocenters. The van der Waals surface area contributed by atoms with E-state index in [-0.39, 0.29) is 35.4 Å². The van der Waals surface area contributed by atoms with Gasteiger partial charge in [0.05, 0.1) is 6.04 Å². The van der Waals surface area contributed by atoms with Crippen LogP contribution < -0.4 is 5.32 Å². The van der Waals surface area contributed by atoms with E-state index in [1.165, 1.54) is 12.1 Å². The number of nitrogens with zero attached hydrogens (tertiary/aromatic N) is 1. The molecule has 1 heterocycles. The lowest BCUT2D eigenvalue weighted by atomic mass is 10.0. The quantitative estimate of drug-likeness (QED) is 0.896. The molecule has 116 valence electrons. The number of alkyl halides is 2. The average molecular weight is 352 g/mol. The molecule has 0 aromatic heterocycles. The predicted octanol–water partition coefficient (Wildman–Crippen LogP) is 3.53. The van der Waals surface area contributed by atoms with Gasteiger partial charge in [-0.05, 0) is 17.7 Å². The molecule has 0 unspecified atom stereocenters. The highest BCUT2D eigenvalue weighted by Crippen LogP contribution is 2.33. The van der Waals surface area contributed by atoms with Crippen LogP contribution in [0, 0.1) is 5.82 Å². The molecule has 1 N–H and O–H groups in total. The standard InChI is InChI=1S/C12H14ClF3N2.2ClH/c13-10-7-8(14)1-2-9(10)11(12(15)16)18-5-3-17-4-6-18;;/h1-2,7,11-12,17H,3-6H2;2*1H/t11-;;/m0../s1. The average Bonchev–Trinajstić information content (AvgIpc) is 2.33. The van der Waals surface area contributed by atoms with Crippen molar-refractivity contribution in [2.24, 2.45) is 0 Å². The molecule has 2 rings (SSSR count). The van der Waals surface area contributed by atoms with Gasteiger partial charge in [-0.25, -0.2) is 13.2 Å². The molecule has 0 aliphatic carbocycles. The summed E-state index contributed by atoms with van der Waals surface area (Å²) in [5.41, 5.74) is 0.287. The van der Waals surface area contributed by atoms with Gasteiger partial charge in [-0.3, -0.25) is 4.90 Å². The Labute approximate surface area is 133 Å². The summed E-state index contributed by atoms with van der Waals surface area (Å²) in [5.74, 6) is -0.517. The second-order valence-corrected chi connectivity index (χ2v) is 4.64. The van der Waals surface area contributed by atoms with Gasteiger partial charge in [-0.2, -0.15) is 0 Å². The van der Waals surface area contributed by atoms with Crippen LogP contribution in [0.4, 0.5) is 13.2 Å². The second kappa shape index (κ2) is 8.95. The van der Waals surface area contributed by atoms with Gasteiger partial charge in [0.1, 0.15) is 5.82 Å². The monoisotopic (exact) mass is 350 g/mol. The molecule has 1 aromatic rings. The van der Waals surface area contributed by atoms with Gasteiger partial charge in [0.15, 0.2) is 0 Å². The molecule has 8 heteroatoms. The van der Waals surface area contributed by atoms with Gasteiger partial charge in [0.25, 0.3) is 6.43 Å². The summed E-state index contributed by atoms with van der Waals surface area (Å²) in [6.45, 7) is 2.40. The molecule has 2 nitrogen and oxygen atoms in total. The number of nitrogens with one attached hydrogen (secondary N) is 1. The molecule has 1 aliphatic heterocycles. The molecule has 0 amide bonds. The molecule has 1 aromatic carbocycles. The molecule has 0 saturated carbocycles. The number of hydrogen-bond donors (Lipinski definition) is 1. The fraction of sp³-hybridized carbons (Fsp3) is 0.500. The van der Waals surface area contributed by atoms with E-state index in [1.807, 2.05) is 0 Å². The van der Waals surface area contributed by atoms with Crippen molar-refractivity contribution in [3.8, 4) is 0 Å². The Bertz CT molecular complexity index is 415. The maximum absolute atomic E-state index is 13.2. The van der Waals surface area contributed by atoms with Crippen LogP contribution in [0.3, 0.4) is 0 Å². The van der Waals surface area contributed by atoms with Crippen LogP contribution in [-0.4, -0.2) is 37.5 Å². The Morgan fingerprint density at radius 2 is 1.75 bits per heavy atom. The van der Waals surface area contributed by atoms with Crippen LogP contribution in [-0.2, 0) is 0 Å². The highest BCUT2D eigenvalue weighted by molar-refractivity contribution is 6.31. The van der Waals surface area contributed by atoms with E-state index in [0.717, 1.165) is 6.07 Å². The van der Waals surface area contributed by atoms with E-state index in [4.69, 9.17) is 11.6 Å². The smallest absolute Gasteiger partial charge is 0.258 e. The van der Waals surface area contributed by atoms with E-state index >= 15 is 0 Å². The number of hydrogen-bond acceptors (Lipinski definition) is 2. The van der Waals surface area contributed by atoms with Crippen LogP contribution in [0.25, 0.3) is 0 Å². The lowest BCUT2D eigenvalue weighted by Crippen LogP contribution is -2.47. The van der Waals surface area contributed by atoms with Crippen molar-refractivity contribution < 1.29 is 13.2 Å². The molecular formula is C12H16Cl3F3N2. The van der Waals surface area contributed by atoms with Gasteiger partial charge in [-0.15, -0.1) is 24.8 Å². The zero-order valence-electron chi connectivity index (χ0n) is 10.5. The first-order valence-corrected chi connectivity index (χ1v) is 6.15. The molecule has 20 heavy (non-hydrogen) atoms. The maximum atomic E-state index is 13.2. The highest BCUT2D eigenvalue weighted by atomic mass is 35.5. The molecule has 0 spiro atoms. The topological polar surface area (TPSA) is 15.3 Å². The van der Waals surface area contributed by atoms with Gasteiger partial charge in [0.2, 0.25) is 0 Å². The van der Waals surface area contributed by atoms with Crippen molar-refractivity contribution in [2.45, 2.75) is 12.5 Å². The predicted molar refractivity (Wildman–Crippen MR) is 79.1 cm³/mol. The van der Waals surface area contributed by atoms with Crippen molar-refractivity contribution in [1.29, 1.82) is 0 Å². The normalized spacial score (nSPS) is 17.2. The van der Waals surface area contributed by atoms with E-state index in [0.29, 0.717) is 26.2 Å². The Hall–Kier alpha value is -0.200. The summed E-state index contributed by atoms with van der Waals surface area (Å²) in [5, 5.41) is 3.16. The minimum atomic E-state index is -2.55. The number of piperazine rings is 1. The van der Waals surface area contributed by atoms with Crippen molar-refractivity contribution in [3.63, 3.8) is 0 Å². The molecule has 0 bridgehead atoms. The first-order valence-electron chi connectivity index (χ1n) is 5.77. The van der Waals surface area contributed by atoms with Gasteiger partial charge < -0.3 is 5.32 Å². The van der Waals surface area contributed by atoms with Crippen LogP contribution in [0.2, 0.25) is 5.02 Å². The second-order valence-electron chi connectivity index (χ2n) is 4.23. The number of benzene rings is 1. The lowest BCUT2D eigenvalue weighted by Gasteiger charge is -2.35. The van der Waals surface area contributed by atoms with E-state index in [1.54, 1.807) is 4.90 Å². The molecule has 1 saturated heterocycles. The fourth-order valence-electron chi connectivity index (χ4n) is 2.19. The summed E-state index contributed by atoms with van der Waals surface area (Å²) in [6.07, 6.45) is -2.55. The van der Waals surface area contributed by atoms with Crippen molar-refractivity contribution in [1.82, 2.24) is 10.2 Å². The number of rotatable bonds is 3. The van der Waals surface area contributed by atoms with Crippen LogP contribution in [0.5, 0.6) is 0 Å². The maximum Gasteiger partial charge on any atom is 0.258 e. The summed E-state index contributed by atoms with van der Waals surface area (Å²) >= 11 is 5.87.